The van der Waals surface area contributed by atoms with E-state index in [1.54, 1.807) is 17.0 Å². The number of fused-ring (bicyclic) bond motifs is 2. The van der Waals surface area contributed by atoms with Gasteiger partial charge in [0, 0.05) is 29.8 Å². The zero-order valence-electron chi connectivity index (χ0n) is 16.3. The van der Waals surface area contributed by atoms with Crippen LogP contribution >= 0.6 is 0 Å². The maximum Gasteiger partial charge on any atom is 0.336 e. The van der Waals surface area contributed by atoms with Crippen molar-refractivity contribution in [1.82, 2.24) is 4.90 Å². The number of aryl methyl sites for hydroxylation is 1. The summed E-state index contributed by atoms with van der Waals surface area (Å²) in [5, 5.41) is 3.70. The molecule has 0 unspecified atom stereocenters. The van der Waals surface area contributed by atoms with E-state index in [0.717, 1.165) is 17.4 Å². The second-order valence-electron chi connectivity index (χ2n) is 8.11. The van der Waals surface area contributed by atoms with Crippen LogP contribution < -0.4 is 10.9 Å². The van der Waals surface area contributed by atoms with Crippen molar-refractivity contribution in [2.75, 3.05) is 18.4 Å². The number of benzene rings is 1. The number of nitrogens with one attached hydrogen (secondary N) is 1. The van der Waals surface area contributed by atoms with E-state index in [1.807, 2.05) is 32.1 Å². The monoisotopic (exact) mass is 394 g/mol. The van der Waals surface area contributed by atoms with Gasteiger partial charge in [0.1, 0.15) is 11.2 Å². The van der Waals surface area contributed by atoms with Gasteiger partial charge >= 0.3 is 5.63 Å². The Hall–Kier alpha value is -2.93. The highest BCUT2D eigenvalue weighted by Crippen LogP contribution is 2.52. The first-order valence-electron chi connectivity index (χ1n) is 9.93. The minimum absolute atomic E-state index is 0.0148. The van der Waals surface area contributed by atoms with E-state index in [9.17, 15) is 14.4 Å². The summed E-state index contributed by atoms with van der Waals surface area (Å²) < 4.78 is 11.4. The highest BCUT2D eigenvalue weighted by molar-refractivity contribution is 6.00. The van der Waals surface area contributed by atoms with Crippen LogP contribution in [0.4, 0.5) is 5.69 Å². The van der Waals surface area contributed by atoms with Crippen molar-refractivity contribution in [2.45, 2.75) is 32.0 Å². The molecule has 2 fully saturated rings. The fourth-order valence-electron chi connectivity index (χ4n) is 4.97. The van der Waals surface area contributed by atoms with Crippen LogP contribution in [0.1, 0.15) is 18.9 Å². The molecule has 1 spiro atoms. The van der Waals surface area contributed by atoms with Crippen LogP contribution in [0.15, 0.2) is 45.6 Å². The van der Waals surface area contributed by atoms with Gasteiger partial charge in [-0.1, -0.05) is 19.1 Å². The average Bonchev–Trinajstić information content (AvgIpc) is 3.30. The van der Waals surface area contributed by atoms with Gasteiger partial charge in [0.05, 0.1) is 24.5 Å². The molecule has 1 aromatic carbocycles. The molecule has 7 heteroatoms. The van der Waals surface area contributed by atoms with Crippen molar-refractivity contribution in [2.24, 2.45) is 11.8 Å². The third kappa shape index (κ3) is 2.64. The van der Waals surface area contributed by atoms with Crippen molar-refractivity contribution in [3.63, 3.8) is 0 Å². The van der Waals surface area contributed by atoms with E-state index >= 15 is 0 Å². The fraction of sp³-hybridized carbons (Fsp3) is 0.409. The van der Waals surface area contributed by atoms with Crippen LogP contribution in [0, 0.1) is 18.8 Å². The van der Waals surface area contributed by atoms with Gasteiger partial charge in [0.25, 0.3) is 0 Å². The van der Waals surface area contributed by atoms with E-state index in [4.69, 9.17) is 9.15 Å². The minimum atomic E-state index is -0.688. The molecular weight excluding hydrogens is 372 g/mol. The summed E-state index contributed by atoms with van der Waals surface area (Å²) in [5.74, 6) is -1.34. The Labute approximate surface area is 167 Å². The number of ether oxygens (including phenoxy) is 1. The molecule has 150 valence electrons. The Balaban J connectivity index is 1.43. The highest BCUT2D eigenvalue weighted by Gasteiger charge is 2.66. The number of nitrogens with zero attached hydrogens (tertiary/aromatic N) is 1. The van der Waals surface area contributed by atoms with Crippen molar-refractivity contribution in [3.8, 4) is 0 Å². The normalized spacial score (nSPS) is 29.7. The topological polar surface area (TPSA) is 88.8 Å². The molecule has 1 N–H and O–H groups in total. The second-order valence-corrected chi connectivity index (χ2v) is 8.11. The smallest absolute Gasteiger partial charge is 0.336 e. The van der Waals surface area contributed by atoms with Crippen molar-refractivity contribution in [1.29, 1.82) is 0 Å². The third-order valence-corrected chi connectivity index (χ3v) is 6.19. The summed E-state index contributed by atoms with van der Waals surface area (Å²) in [6.07, 6.45) is 4.31. The lowest BCUT2D eigenvalue weighted by atomic mass is 9.77. The predicted octanol–water partition coefficient (Wildman–Crippen LogP) is 2.23. The van der Waals surface area contributed by atoms with Gasteiger partial charge < -0.3 is 19.4 Å². The number of carbonyl (C=O) groups is 2. The lowest BCUT2D eigenvalue weighted by Crippen LogP contribution is -2.41. The molecule has 3 aliphatic heterocycles. The van der Waals surface area contributed by atoms with Gasteiger partial charge in [-0.15, -0.1) is 0 Å². The predicted molar refractivity (Wildman–Crippen MR) is 106 cm³/mol. The molecule has 0 aliphatic carbocycles. The van der Waals surface area contributed by atoms with Crippen molar-refractivity contribution in [3.05, 3.63) is 52.4 Å². The van der Waals surface area contributed by atoms with E-state index in [-0.39, 0.29) is 11.8 Å². The van der Waals surface area contributed by atoms with E-state index in [1.165, 1.54) is 6.07 Å². The third-order valence-electron chi connectivity index (χ3n) is 6.19. The van der Waals surface area contributed by atoms with Gasteiger partial charge in [-0.05, 0) is 31.0 Å². The van der Waals surface area contributed by atoms with Gasteiger partial charge in [-0.25, -0.2) is 4.79 Å². The van der Waals surface area contributed by atoms with Crippen LogP contribution in [0.2, 0.25) is 0 Å². The summed E-state index contributed by atoms with van der Waals surface area (Å²) in [7, 11) is 0. The van der Waals surface area contributed by atoms with E-state index < -0.39 is 29.2 Å². The summed E-state index contributed by atoms with van der Waals surface area (Å²) >= 11 is 0. The molecule has 0 radical (unpaired) electrons. The molecule has 3 aliphatic rings. The number of hydrogen-bond donors (Lipinski definition) is 1. The highest BCUT2D eigenvalue weighted by atomic mass is 16.5. The van der Waals surface area contributed by atoms with Crippen LogP contribution in [0.3, 0.4) is 0 Å². The summed E-state index contributed by atoms with van der Waals surface area (Å²) in [5.41, 5.74) is 0.633. The number of anilines is 1. The standard InChI is InChI=1S/C22H22N2O5/c1-3-8-24-11-22-7-6-15(29-22)18(19(22)21(24)27)20(26)23-13-4-5-14-12(2)9-17(25)28-16(14)10-13/h4-7,9-10,15,18-19H,3,8,11H2,1-2H3,(H,23,26)/t15-,18-,19+,22-/m0/s1. The lowest BCUT2D eigenvalue weighted by molar-refractivity contribution is -0.135. The SMILES string of the molecule is CCCN1C[C@]23C=C[C@H](O2)[C@H](C(=O)Nc2ccc4c(C)cc(=O)oc4c2)[C@@H]3C1=O. The zero-order valence-corrected chi connectivity index (χ0v) is 16.3. The van der Waals surface area contributed by atoms with Crippen LogP contribution in [-0.2, 0) is 14.3 Å². The molecule has 2 bridgehead atoms. The summed E-state index contributed by atoms with van der Waals surface area (Å²) in [6, 6.07) is 6.66. The Kier molecular flexibility index (Phi) is 3.93. The zero-order chi connectivity index (χ0) is 20.3. The Morgan fingerprint density at radius 3 is 2.93 bits per heavy atom. The quantitative estimate of drug-likeness (QED) is 0.635. The molecule has 7 nitrogen and oxygen atoms in total. The number of rotatable bonds is 4. The van der Waals surface area contributed by atoms with E-state index in [2.05, 4.69) is 5.32 Å². The molecule has 4 atom stereocenters. The molecule has 29 heavy (non-hydrogen) atoms. The van der Waals surface area contributed by atoms with Gasteiger partial charge in [-0.2, -0.15) is 0 Å². The maximum atomic E-state index is 13.1. The van der Waals surface area contributed by atoms with Crippen molar-refractivity contribution < 1.29 is 18.7 Å². The molecular formula is C22H22N2O5. The first-order chi connectivity index (χ1) is 13.9. The first kappa shape index (κ1) is 18.1. The molecule has 2 aromatic rings. The maximum absolute atomic E-state index is 13.1. The number of likely N-dealkylation sites (tertiary alicyclic amines) is 1. The molecule has 5 rings (SSSR count). The van der Waals surface area contributed by atoms with Crippen LogP contribution in [0.5, 0.6) is 0 Å². The fourth-order valence-corrected chi connectivity index (χ4v) is 4.97. The van der Waals surface area contributed by atoms with Crippen molar-refractivity contribution >= 4 is 28.5 Å². The summed E-state index contributed by atoms with van der Waals surface area (Å²) in [4.78, 5) is 39.6. The summed E-state index contributed by atoms with van der Waals surface area (Å²) in [6.45, 7) is 5.03. The molecule has 2 saturated heterocycles. The first-order valence-corrected chi connectivity index (χ1v) is 9.93. The molecule has 1 aromatic heterocycles. The molecule has 4 heterocycles. The molecule has 2 amide bonds. The number of amides is 2. The Morgan fingerprint density at radius 1 is 1.31 bits per heavy atom. The average molecular weight is 394 g/mol. The largest absolute Gasteiger partial charge is 0.423 e. The van der Waals surface area contributed by atoms with Crippen LogP contribution in [0.25, 0.3) is 11.0 Å². The Bertz CT molecular complexity index is 1120. The van der Waals surface area contributed by atoms with Gasteiger partial charge in [-0.3, -0.25) is 9.59 Å². The van der Waals surface area contributed by atoms with Crippen LogP contribution in [-0.4, -0.2) is 41.5 Å². The minimum Gasteiger partial charge on any atom is -0.423 e. The molecule has 0 saturated carbocycles. The van der Waals surface area contributed by atoms with Gasteiger partial charge in [0.15, 0.2) is 0 Å². The van der Waals surface area contributed by atoms with Gasteiger partial charge in [0.2, 0.25) is 11.8 Å². The number of hydrogen-bond acceptors (Lipinski definition) is 5. The lowest BCUT2D eigenvalue weighted by Gasteiger charge is -2.23. The second kappa shape index (κ2) is 6.29. The Morgan fingerprint density at radius 2 is 2.14 bits per heavy atom. The van der Waals surface area contributed by atoms with E-state index in [0.29, 0.717) is 24.4 Å². The number of carbonyl (C=O) groups excluding carboxylic acids is 2.